The molecule has 46 heavy (non-hydrogen) atoms. The number of fused-ring (bicyclic) bond motifs is 1. The number of hydrogen-bond donors (Lipinski definition) is 4. The molecule has 0 saturated carbocycles. The molecule has 1 saturated heterocycles. The molecule has 4 N–H and O–H groups in total. The Bertz CT molecular complexity index is 1880. The highest BCUT2D eigenvalue weighted by Gasteiger charge is 2.17. The first-order valence-electron chi connectivity index (χ1n) is 15.1. The van der Waals surface area contributed by atoms with Crippen LogP contribution in [0.3, 0.4) is 0 Å². The van der Waals surface area contributed by atoms with E-state index in [4.69, 9.17) is 4.74 Å². The number of ether oxygens (including phenoxy) is 1. The SMILES string of the molecule is Cn1cc(NC(=O)c2cc(NC(=O)c3ccc(/C=C/c4cnc5ccccc5c4)cc3)c[nH]2)cc1C(=O)NCCN1CCOCC1. The second-order valence-corrected chi connectivity index (χ2v) is 11.1. The summed E-state index contributed by atoms with van der Waals surface area (Å²) in [5.74, 6) is -0.914. The van der Waals surface area contributed by atoms with Crippen LogP contribution < -0.4 is 16.0 Å². The number of pyridine rings is 1. The molecule has 1 fully saturated rings. The molecule has 4 heterocycles. The number of carbonyl (C=O) groups is 3. The van der Waals surface area contributed by atoms with Crippen LogP contribution in [0.5, 0.6) is 0 Å². The van der Waals surface area contributed by atoms with Gasteiger partial charge in [0, 0.05) is 62.8 Å². The summed E-state index contributed by atoms with van der Waals surface area (Å²) < 4.78 is 7.02. The Morgan fingerprint density at radius 2 is 1.65 bits per heavy atom. The number of amides is 3. The van der Waals surface area contributed by atoms with E-state index in [2.05, 4.69) is 36.9 Å². The summed E-state index contributed by atoms with van der Waals surface area (Å²) in [4.78, 5) is 48.1. The molecule has 2 aromatic carbocycles. The van der Waals surface area contributed by atoms with E-state index in [1.54, 1.807) is 48.3 Å². The molecule has 1 aliphatic rings. The third kappa shape index (κ3) is 7.57. The monoisotopic (exact) mass is 617 g/mol. The summed E-state index contributed by atoms with van der Waals surface area (Å²) in [6.45, 7) is 4.41. The predicted octanol–water partition coefficient (Wildman–Crippen LogP) is 4.64. The molecule has 5 aromatic rings. The molecule has 0 bridgehead atoms. The van der Waals surface area contributed by atoms with Gasteiger partial charge in [0.1, 0.15) is 11.4 Å². The maximum absolute atomic E-state index is 12.9. The lowest BCUT2D eigenvalue weighted by molar-refractivity contribution is 0.0383. The summed E-state index contributed by atoms with van der Waals surface area (Å²) in [5.41, 5.74) is 5.00. The molecule has 11 nitrogen and oxygen atoms in total. The van der Waals surface area contributed by atoms with Crippen molar-refractivity contribution >= 4 is 52.2 Å². The first kappa shape index (κ1) is 30.5. The van der Waals surface area contributed by atoms with Gasteiger partial charge in [0.25, 0.3) is 17.7 Å². The molecule has 0 aliphatic carbocycles. The summed E-state index contributed by atoms with van der Waals surface area (Å²) in [7, 11) is 1.75. The van der Waals surface area contributed by atoms with Crippen LogP contribution in [0.25, 0.3) is 23.1 Å². The number of aromatic nitrogens is 3. The van der Waals surface area contributed by atoms with E-state index in [1.165, 1.54) is 0 Å². The summed E-state index contributed by atoms with van der Waals surface area (Å²) >= 11 is 0. The average Bonchev–Trinajstić information content (AvgIpc) is 3.70. The van der Waals surface area contributed by atoms with Gasteiger partial charge in [0.05, 0.1) is 30.1 Å². The van der Waals surface area contributed by atoms with E-state index in [0.29, 0.717) is 42.4 Å². The Kier molecular flexibility index (Phi) is 9.32. The molecule has 1 aliphatic heterocycles. The van der Waals surface area contributed by atoms with E-state index in [1.807, 2.05) is 54.7 Å². The van der Waals surface area contributed by atoms with Crippen molar-refractivity contribution in [1.82, 2.24) is 24.8 Å². The molecule has 234 valence electrons. The molecular weight excluding hydrogens is 582 g/mol. The van der Waals surface area contributed by atoms with Crippen LogP contribution in [-0.4, -0.2) is 76.5 Å². The number of morpholine rings is 1. The summed E-state index contributed by atoms with van der Waals surface area (Å²) in [5, 5.41) is 9.63. The largest absolute Gasteiger partial charge is 0.379 e. The van der Waals surface area contributed by atoms with Gasteiger partial charge in [-0.15, -0.1) is 0 Å². The average molecular weight is 618 g/mol. The maximum atomic E-state index is 12.9. The van der Waals surface area contributed by atoms with Gasteiger partial charge in [-0.2, -0.15) is 0 Å². The van der Waals surface area contributed by atoms with E-state index in [-0.39, 0.29) is 17.5 Å². The number of anilines is 2. The molecule has 0 radical (unpaired) electrons. The topological polar surface area (TPSA) is 133 Å². The number of aromatic amines is 1. The van der Waals surface area contributed by atoms with E-state index >= 15 is 0 Å². The normalized spacial score (nSPS) is 13.6. The van der Waals surface area contributed by atoms with E-state index < -0.39 is 5.91 Å². The third-order valence-corrected chi connectivity index (χ3v) is 7.75. The number of nitrogens with zero attached hydrogens (tertiary/aromatic N) is 3. The van der Waals surface area contributed by atoms with Gasteiger partial charge in [-0.05, 0) is 47.5 Å². The smallest absolute Gasteiger partial charge is 0.272 e. The quantitative estimate of drug-likeness (QED) is 0.181. The standard InChI is InChI=1S/C35H35N7O4/c1-41-23-29(20-32(41)35(45)36-12-13-42-14-16-46-17-15-42)40-34(44)31-19-28(22-38-31)39-33(43)26-10-8-24(9-11-26)6-7-25-18-27-4-2-3-5-30(27)37-21-25/h2-11,18-23,38H,12-17H2,1H3,(H,36,45)(H,39,43)(H,40,44)/b7-6+. The van der Waals surface area contributed by atoms with Crippen LogP contribution >= 0.6 is 0 Å². The summed E-state index contributed by atoms with van der Waals surface area (Å²) in [6.07, 6.45) is 9.02. The number of para-hydroxylation sites is 1. The Balaban J connectivity index is 0.997. The first-order chi connectivity index (χ1) is 22.4. The Hall–Kier alpha value is -5.52. The number of aryl methyl sites for hydroxylation is 1. The molecule has 3 aromatic heterocycles. The molecule has 6 rings (SSSR count). The van der Waals surface area contributed by atoms with Crippen molar-refractivity contribution in [1.29, 1.82) is 0 Å². The fourth-order valence-electron chi connectivity index (χ4n) is 5.22. The lowest BCUT2D eigenvalue weighted by atomic mass is 10.1. The van der Waals surface area contributed by atoms with E-state index in [9.17, 15) is 14.4 Å². The van der Waals surface area contributed by atoms with E-state index in [0.717, 1.165) is 41.7 Å². The number of nitrogens with one attached hydrogen (secondary N) is 4. The third-order valence-electron chi connectivity index (χ3n) is 7.75. The fraction of sp³-hybridized carbons (Fsp3) is 0.200. The number of rotatable bonds is 10. The predicted molar refractivity (Wildman–Crippen MR) is 179 cm³/mol. The van der Waals surface area contributed by atoms with Gasteiger partial charge in [0.2, 0.25) is 0 Å². The van der Waals surface area contributed by atoms with Gasteiger partial charge >= 0.3 is 0 Å². The van der Waals surface area contributed by atoms with Crippen LogP contribution in [0.1, 0.15) is 42.5 Å². The Morgan fingerprint density at radius 3 is 2.48 bits per heavy atom. The lowest BCUT2D eigenvalue weighted by Crippen LogP contribution is -2.41. The molecule has 0 atom stereocenters. The highest BCUT2D eigenvalue weighted by molar-refractivity contribution is 6.07. The molecule has 0 unspecified atom stereocenters. The van der Waals surface area contributed by atoms with Crippen LogP contribution in [0, 0.1) is 0 Å². The van der Waals surface area contributed by atoms with Crippen molar-refractivity contribution in [2.75, 3.05) is 50.0 Å². The van der Waals surface area contributed by atoms with Crippen LogP contribution in [0.4, 0.5) is 11.4 Å². The first-order valence-corrected chi connectivity index (χ1v) is 15.1. The summed E-state index contributed by atoms with van der Waals surface area (Å²) in [6, 6.07) is 20.5. The molecular formula is C35H35N7O4. The van der Waals surface area contributed by atoms with Crippen LogP contribution in [0.2, 0.25) is 0 Å². The number of carbonyl (C=O) groups excluding carboxylic acids is 3. The van der Waals surface area contributed by atoms with Gasteiger partial charge in [0.15, 0.2) is 0 Å². The van der Waals surface area contributed by atoms with Gasteiger partial charge < -0.3 is 30.2 Å². The van der Waals surface area contributed by atoms with Crippen LogP contribution in [0.15, 0.2) is 85.3 Å². The molecule has 0 spiro atoms. The van der Waals surface area contributed by atoms with Crippen LogP contribution in [-0.2, 0) is 11.8 Å². The lowest BCUT2D eigenvalue weighted by Gasteiger charge is -2.26. The van der Waals surface area contributed by atoms with Crippen molar-refractivity contribution in [2.45, 2.75) is 0 Å². The highest BCUT2D eigenvalue weighted by atomic mass is 16.5. The molecule has 11 heteroatoms. The second kappa shape index (κ2) is 14.1. The zero-order valence-corrected chi connectivity index (χ0v) is 25.5. The van der Waals surface area contributed by atoms with Crippen molar-refractivity contribution in [3.63, 3.8) is 0 Å². The van der Waals surface area contributed by atoms with Crippen molar-refractivity contribution in [2.24, 2.45) is 7.05 Å². The van der Waals surface area contributed by atoms with Crippen molar-refractivity contribution in [3.05, 3.63) is 113 Å². The number of H-pyrrole nitrogens is 1. The molecule has 3 amide bonds. The fourth-order valence-corrected chi connectivity index (χ4v) is 5.22. The highest BCUT2D eigenvalue weighted by Crippen LogP contribution is 2.18. The zero-order chi connectivity index (χ0) is 31.9. The Morgan fingerprint density at radius 1 is 0.891 bits per heavy atom. The minimum absolute atomic E-state index is 0.215. The zero-order valence-electron chi connectivity index (χ0n) is 25.5. The maximum Gasteiger partial charge on any atom is 0.272 e. The number of benzene rings is 2. The Labute approximate surface area is 266 Å². The number of hydrogen-bond acceptors (Lipinski definition) is 6. The van der Waals surface area contributed by atoms with Gasteiger partial charge in [-0.1, -0.05) is 42.5 Å². The van der Waals surface area contributed by atoms with Crippen molar-refractivity contribution in [3.8, 4) is 0 Å². The minimum Gasteiger partial charge on any atom is -0.379 e. The minimum atomic E-state index is -0.400. The van der Waals surface area contributed by atoms with Gasteiger partial charge in [-0.25, -0.2) is 0 Å². The van der Waals surface area contributed by atoms with Crippen molar-refractivity contribution < 1.29 is 19.1 Å². The second-order valence-electron chi connectivity index (χ2n) is 11.1. The van der Waals surface area contributed by atoms with Gasteiger partial charge in [-0.3, -0.25) is 24.3 Å².